The zero-order chi connectivity index (χ0) is 13.4. The predicted octanol–water partition coefficient (Wildman–Crippen LogP) is 2.16. The summed E-state index contributed by atoms with van der Waals surface area (Å²) in [7, 11) is 1.51. The molecule has 18 heavy (non-hydrogen) atoms. The first-order chi connectivity index (χ1) is 8.72. The van der Waals surface area contributed by atoms with Crippen LogP contribution >= 0.6 is 0 Å². The van der Waals surface area contributed by atoms with Crippen molar-refractivity contribution in [1.29, 1.82) is 0 Å². The zero-order valence-electron chi connectivity index (χ0n) is 10.9. The van der Waals surface area contributed by atoms with E-state index in [0.29, 0.717) is 24.5 Å². The molecule has 0 aliphatic carbocycles. The van der Waals surface area contributed by atoms with Crippen LogP contribution in [0, 0.1) is 5.82 Å². The van der Waals surface area contributed by atoms with Crippen LogP contribution in [0.15, 0.2) is 18.2 Å². The van der Waals surface area contributed by atoms with E-state index in [2.05, 4.69) is 5.43 Å². The van der Waals surface area contributed by atoms with Gasteiger partial charge in [-0.2, -0.15) is 0 Å². The number of rotatable bonds is 8. The van der Waals surface area contributed by atoms with Gasteiger partial charge in [-0.1, -0.05) is 6.07 Å². The highest BCUT2D eigenvalue weighted by atomic mass is 19.1. The summed E-state index contributed by atoms with van der Waals surface area (Å²) in [4.78, 5) is 0. The van der Waals surface area contributed by atoms with E-state index in [4.69, 9.17) is 15.3 Å². The minimum absolute atomic E-state index is 0.212. The summed E-state index contributed by atoms with van der Waals surface area (Å²) in [5.74, 6) is 5.66. The number of halogens is 1. The number of ether oxygens (including phenoxy) is 2. The lowest BCUT2D eigenvalue weighted by Crippen LogP contribution is -2.29. The first kappa shape index (κ1) is 14.9. The average molecular weight is 256 g/mol. The van der Waals surface area contributed by atoms with E-state index in [1.54, 1.807) is 12.1 Å². The highest BCUT2D eigenvalue weighted by Gasteiger charge is 2.14. The number of benzene rings is 1. The van der Waals surface area contributed by atoms with Gasteiger partial charge in [-0.25, -0.2) is 4.39 Å². The van der Waals surface area contributed by atoms with Crippen LogP contribution in [-0.4, -0.2) is 20.3 Å². The number of hydrazine groups is 1. The van der Waals surface area contributed by atoms with Gasteiger partial charge in [0.05, 0.1) is 7.11 Å². The zero-order valence-corrected chi connectivity index (χ0v) is 10.9. The lowest BCUT2D eigenvalue weighted by molar-refractivity contribution is 0.140. The van der Waals surface area contributed by atoms with Crippen LogP contribution in [0.1, 0.15) is 31.4 Å². The van der Waals surface area contributed by atoms with Gasteiger partial charge < -0.3 is 9.47 Å². The molecule has 1 aromatic carbocycles. The molecule has 1 aromatic rings. The summed E-state index contributed by atoms with van der Waals surface area (Å²) >= 11 is 0. The summed E-state index contributed by atoms with van der Waals surface area (Å²) in [6, 6.07) is 4.57. The monoisotopic (exact) mass is 256 g/mol. The van der Waals surface area contributed by atoms with Crippen molar-refractivity contribution >= 4 is 0 Å². The second-order valence-corrected chi connectivity index (χ2v) is 3.95. The summed E-state index contributed by atoms with van der Waals surface area (Å²) in [6.45, 7) is 3.30. The Morgan fingerprint density at radius 3 is 2.78 bits per heavy atom. The highest BCUT2D eigenvalue weighted by molar-refractivity contribution is 5.30. The molecule has 0 radical (unpaired) electrons. The quantitative estimate of drug-likeness (QED) is 0.425. The van der Waals surface area contributed by atoms with Crippen molar-refractivity contribution in [3.05, 3.63) is 29.6 Å². The highest BCUT2D eigenvalue weighted by Crippen LogP contribution is 2.24. The SMILES string of the molecule is CCOCCCC(NN)c1ccc(OC)cc1F. The number of nitrogens with two attached hydrogens (primary N) is 1. The molecule has 0 amide bonds. The van der Waals surface area contributed by atoms with Gasteiger partial charge in [-0.05, 0) is 25.8 Å². The van der Waals surface area contributed by atoms with Crippen LogP contribution < -0.4 is 16.0 Å². The molecule has 0 saturated heterocycles. The van der Waals surface area contributed by atoms with Crippen LogP contribution in [-0.2, 0) is 4.74 Å². The van der Waals surface area contributed by atoms with Gasteiger partial charge in [-0.3, -0.25) is 11.3 Å². The molecule has 1 unspecified atom stereocenters. The van der Waals surface area contributed by atoms with Gasteiger partial charge >= 0.3 is 0 Å². The summed E-state index contributed by atoms with van der Waals surface area (Å²) < 4.78 is 24.1. The molecule has 0 spiro atoms. The van der Waals surface area contributed by atoms with Crippen molar-refractivity contribution in [1.82, 2.24) is 5.43 Å². The molecule has 5 heteroatoms. The van der Waals surface area contributed by atoms with Crippen molar-refractivity contribution in [2.45, 2.75) is 25.8 Å². The molecule has 1 rings (SSSR count). The van der Waals surface area contributed by atoms with E-state index in [9.17, 15) is 4.39 Å². The van der Waals surface area contributed by atoms with Gasteiger partial charge in [0.25, 0.3) is 0 Å². The van der Waals surface area contributed by atoms with E-state index in [1.165, 1.54) is 13.2 Å². The fourth-order valence-corrected chi connectivity index (χ4v) is 1.78. The molecule has 1 atom stereocenters. The van der Waals surface area contributed by atoms with Crippen molar-refractivity contribution < 1.29 is 13.9 Å². The minimum Gasteiger partial charge on any atom is -0.497 e. The molecule has 0 saturated carbocycles. The Morgan fingerprint density at radius 2 is 2.22 bits per heavy atom. The normalized spacial score (nSPS) is 12.4. The van der Waals surface area contributed by atoms with E-state index < -0.39 is 0 Å². The summed E-state index contributed by atoms with van der Waals surface area (Å²) in [6.07, 6.45) is 1.55. The molecular weight excluding hydrogens is 235 g/mol. The fraction of sp³-hybridized carbons (Fsp3) is 0.538. The van der Waals surface area contributed by atoms with Crippen molar-refractivity contribution in [3.8, 4) is 5.75 Å². The Kier molecular flexibility index (Phi) is 6.64. The van der Waals surface area contributed by atoms with Gasteiger partial charge in [0, 0.05) is 30.9 Å². The van der Waals surface area contributed by atoms with Crippen LogP contribution in [0.4, 0.5) is 4.39 Å². The molecule has 0 fully saturated rings. The van der Waals surface area contributed by atoms with Crippen LogP contribution in [0.2, 0.25) is 0 Å². The van der Waals surface area contributed by atoms with Crippen LogP contribution in [0.3, 0.4) is 0 Å². The molecule has 4 nitrogen and oxygen atoms in total. The Morgan fingerprint density at radius 1 is 1.44 bits per heavy atom. The number of nitrogens with one attached hydrogen (secondary N) is 1. The molecule has 0 aliphatic rings. The Bertz CT molecular complexity index is 361. The van der Waals surface area contributed by atoms with Gasteiger partial charge in [0.1, 0.15) is 11.6 Å². The van der Waals surface area contributed by atoms with Gasteiger partial charge in [0.2, 0.25) is 0 Å². The number of methoxy groups -OCH3 is 1. The summed E-state index contributed by atoms with van der Waals surface area (Å²) in [5, 5.41) is 0. The standard InChI is InChI=1S/C13H21FN2O2/c1-3-18-8-4-5-13(16-15)11-7-6-10(17-2)9-12(11)14/h6-7,9,13,16H,3-5,8,15H2,1-2H3. The molecule has 102 valence electrons. The first-order valence-electron chi connectivity index (χ1n) is 6.10. The third kappa shape index (κ3) is 4.25. The van der Waals surface area contributed by atoms with Crippen LogP contribution in [0.25, 0.3) is 0 Å². The van der Waals surface area contributed by atoms with E-state index in [-0.39, 0.29) is 11.9 Å². The van der Waals surface area contributed by atoms with E-state index in [0.717, 1.165) is 12.8 Å². The van der Waals surface area contributed by atoms with Crippen LogP contribution in [0.5, 0.6) is 5.75 Å². The topological polar surface area (TPSA) is 56.5 Å². The van der Waals surface area contributed by atoms with Crippen molar-refractivity contribution in [2.24, 2.45) is 5.84 Å². The first-order valence-corrected chi connectivity index (χ1v) is 6.10. The van der Waals surface area contributed by atoms with Crippen molar-refractivity contribution in [2.75, 3.05) is 20.3 Å². The third-order valence-electron chi connectivity index (χ3n) is 2.77. The maximum absolute atomic E-state index is 13.8. The largest absolute Gasteiger partial charge is 0.497 e. The molecular formula is C13H21FN2O2. The molecule has 0 aromatic heterocycles. The Hall–Kier alpha value is -1.17. The summed E-state index contributed by atoms with van der Waals surface area (Å²) in [5.41, 5.74) is 3.19. The third-order valence-corrected chi connectivity index (χ3v) is 2.77. The van der Waals surface area contributed by atoms with E-state index >= 15 is 0 Å². The van der Waals surface area contributed by atoms with Crippen molar-refractivity contribution in [3.63, 3.8) is 0 Å². The predicted molar refractivity (Wildman–Crippen MR) is 68.7 cm³/mol. The lowest BCUT2D eigenvalue weighted by Gasteiger charge is -2.17. The maximum Gasteiger partial charge on any atom is 0.131 e. The maximum atomic E-state index is 13.8. The lowest BCUT2D eigenvalue weighted by atomic mass is 10.0. The van der Waals surface area contributed by atoms with E-state index in [1.807, 2.05) is 6.92 Å². The van der Waals surface area contributed by atoms with Gasteiger partial charge in [0.15, 0.2) is 0 Å². The second-order valence-electron chi connectivity index (χ2n) is 3.95. The second kappa shape index (κ2) is 8.02. The Balaban J connectivity index is 2.63. The average Bonchev–Trinajstić information content (AvgIpc) is 2.39. The molecule has 0 bridgehead atoms. The number of hydrogen-bond acceptors (Lipinski definition) is 4. The minimum atomic E-state index is -0.311. The smallest absolute Gasteiger partial charge is 0.131 e. The molecule has 0 heterocycles. The number of hydrogen-bond donors (Lipinski definition) is 2. The fourth-order valence-electron chi connectivity index (χ4n) is 1.78. The Labute approximate surface area is 107 Å². The molecule has 0 aliphatic heterocycles. The van der Waals surface area contributed by atoms with Gasteiger partial charge in [-0.15, -0.1) is 0 Å². The molecule has 3 N–H and O–H groups in total.